The number of thiazole rings is 1. The zero-order valence-electron chi connectivity index (χ0n) is 9.23. The van der Waals surface area contributed by atoms with Crippen molar-refractivity contribution in [2.24, 2.45) is 0 Å². The number of nitrogens with zero attached hydrogens (tertiary/aromatic N) is 1. The first-order valence-electron chi connectivity index (χ1n) is 4.99. The minimum Gasteiger partial charge on any atom is -0.465 e. The van der Waals surface area contributed by atoms with Gasteiger partial charge in [-0.1, -0.05) is 12.1 Å². The number of rotatable bonds is 2. The van der Waals surface area contributed by atoms with Crippen LogP contribution in [0.3, 0.4) is 0 Å². The third-order valence-corrected chi connectivity index (χ3v) is 2.98. The molecule has 0 bridgehead atoms. The first-order valence-corrected chi connectivity index (χ1v) is 5.87. The largest absolute Gasteiger partial charge is 0.465 e. The van der Waals surface area contributed by atoms with E-state index >= 15 is 0 Å². The summed E-state index contributed by atoms with van der Waals surface area (Å²) in [6.07, 6.45) is -5.62. The van der Waals surface area contributed by atoms with E-state index in [1.54, 1.807) is 5.38 Å². The number of halogens is 3. The topological polar surface area (TPSA) is 62.2 Å². The highest BCUT2D eigenvalue weighted by Crippen LogP contribution is 2.31. The van der Waals surface area contributed by atoms with E-state index in [0.717, 1.165) is 23.5 Å². The molecule has 1 aromatic heterocycles. The van der Waals surface area contributed by atoms with Crippen molar-refractivity contribution in [3.63, 3.8) is 0 Å². The lowest BCUT2D eigenvalue weighted by Gasteiger charge is -2.06. The third-order valence-electron chi connectivity index (χ3n) is 2.23. The number of carboxylic acid groups (broad SMARTS) is 1. The number of benzene rings is 1. The van der Waals surface area contributed by atoms with Gasteiger partial charge in [0.25, 0.3) is 0 Å². The Labute approximate surface area is 109 Å². The molecule has 8 heteroatoms. The molecule has 0 aliphatic heterocycles. The van der Waals surface area contributed by atoms with E-state index in [1.807, 2.05) is 0 Å². The van der Waals surface area contributed by atoms with Crippen molar-refractivity contribution < 1.29 is 23.1 Å². The normalized spacial score (nSPS) is 11.3. The van der Waals surface area contributed by atoms with E-state index < -0.39 is 17.8 Å². The summed E-state index contributed by atoms with van der Waals surface area (Å²) >= 11 is 1.06. The van der Waals surface area contributed by atoms with E-state index in [4.69, 9.17) is 5.11 Å². The zero-order chi connectivity index (χ0) is 14.0. The molecule has 0 aliphatic carbocycles. The summed E-state index contributed by atoms with van der Waals surface area (Å²) in [7, 11) is 0. The second kappa shape index (κ2) is 4.88. The molecule has 0 spiro atoms. The van der Waals surface area contributed by atoms with E-state index in [0.29, 0.717) is 11.3 Å². The van der Waals surface area contributed by atoms with Gasteiger partial charge in [0.05, 0.1) is 11.3 Å². The van der Waals surface area contributed by atoms with Crippen LogP contribution in [0.4, 0.5) is 23.1 Å². The van der Waals surface area contributed by atoms with Crippen LogP contribution in [0.2, 0.25) is 0 Å². The van der Waals surface area contributed by atoms with Gasteiger partial charge in [0.2, 0.25) is 0 Å². The molecular weight excluding hydrogens is 281 g/mol. The number of hydrogen-bond acceptors (Lipinski definition) is 3. The zero-order valence-corrected chi connectivity index (χ0v) is 10.0. The number of hydrogen-bond donors (Lipinski definition) is 2. The molecule has 2 rings (SSSR count). The predicted molar refractivity (Wildman–Crippen MR) is 64.2 cm³/mol. The van der Waals surface area contributed by atoms with Crippen LogP contribution in [0.5, 0.6) is 0 Å². The monoisotopic (exact) mass is 288 g/mol. The Morgan fingerprint density at radius 3 is 2.42 bits per heavy atom. The van der Waals surface area contributed by atoms with Gasteiger partial charge in [0.1, 0.15) is 0 Å². The first-order chi connectivity index (χ1) is 8.86. The maximum atomic E-state index is 12.4. The lowest BCUT2D eigenvalue weighted by atomic mass is 10.1. The van der Waals surface area contributed by atoms with Gasteiger partial charge in [0.15, 0.2) is 5.13 Å². The maximum Gasteiger partial charge on any atom is 0.416 e. The minimum atomic E-state index is -4.38. The fraction of sp³-hybridized carbons (Fsp3) is 0.0909. The first kappa shape index (κ1) is 13.3. The fourth-order valence-corrected chi connectivity index (χ4v) is 2.09. The van der Waals surface area contributed by atoms with Crippen molar-refractivity contribution in [1.29, 1.82) is 0 Å². The van der Waals surface area contributed by atoms with Crippen molar-refractivity contribution in [2.75, 3.05) is 5.32 Å². The predicted octanol–water partition coefficient (Wildman–Crippen LogP) is 3.92. The summed E-state index contributed by atoms with van der Waals surface area (Å²) in [5.41, 5.74) is 0.167. The van der Waals surface area contributed by atoms with Gasteiger partial charge in [-0.05, 0) is 12.1 Å². The summed E-state index contributed by atoms with van der Waals surface area (Å²) in [4.78, 5) is 14.4. The van der Waals surface area contributed by atoms with Crippen LogP contribution >= 0.6 is 11.3 Å². The summed E-state index contributed by atoms with van der Waals surface area (Å²) in [5, 5.41) is 12.3. The molecule has 100 valence electrons. The number of nitrogens with one attached hydrogen (secondary N) is 1. The van der Waals surface area contributed by atoms with Crippen LogP contribution in [0.15, 0.2) is 29.6 Å². The Bertz CT molecular complexity index is 593. The molecule has 1 heterocycles. The molecule has 0 atom stereocenters. The van der Waals surface area contributed by atoms with Gasteiger partial charge >= 0.3 is 12.3 Å². The van der Waals surface area contributed by atoms with Crippen molar-refractivity contribution in [3.05, 3.63) is 35.2 Å². The third kappa shape index (κ3) is 3.22. The molecule has 0 aliphatic rings. The van der Waals surface area contributed by atoms with Crippen LogP contribution in [-0.4, -0.2) is 16.2 Å². The number of carbonyl (C=O) groups is 1. The van der Waals surface area contributed by atoms with Gasteiger partial charge in [-0.3, -0.25) is 5.32 Å². The molecule has 2 N–H and O–H groups in total. The number of alkyl halides is 3. The van der Waals surface area contributed by atoms with Crippen LogP contribution < -0.4 is 5.32 Å². The number of anilines is 1. The highest BCUT2D eigenvalue weighted by Gasteiger charge is 2.30. The second-order valence-corrected chi connectivity index (χ2v) is 4.40. The Kier molecular flexibility index (Phi) is 3.43. The molecule has 1 amide bonds. The second-order valence-electron chi connectivity index (χ2n) is 3.54. The fourth-order valence-electron chi connectivity index (χ4n) is 1.39. The molecule has 1 aromatic carbocycles. The van der Waals surface area contributed by atoms with Crippen molar-refractivity contribution in [1.82, 2.24) is 4.98 Å². The minimum absolute atomic E-state index is 0.169. The smallest absolute Gasteiger partial charge is 0.416 e. The summed E-state index contributed by atoms with van der Waals surface area (Å²) in [6, 6.07) is 4.50. The lowest BCUT2D eigenvalue weighted by Crippen LogP contribution is -2.06. The van der Waals surface area contributed by atoms with Crippen LogP contribution in [-0.2, 0) is 6.18 Å². The van der Waals surface area contributed by atoms with E-state index in [1.165, 1.54) is 12.1 Å². The van der Waals surface area contributed by atoms with Gasteiger partial charge in [-0.25, -0.2) is 9.78 Å². The molecule has 19 heavy (non-hydrogen) atoms. The highest BCUT2D eigenvalue weighted by atomic mass is 32.1. The average molecular weight is 288 g/mol. The quantitative estimate of drug-likeness (QED) is 0.880. The molecule has 0 fully saturated rings. The number of amides is 1. The molecule has 4 nitrogen and oxygen atoms in total. The Hall–Kier alpha value is -2.09. The van der Waals surface area contributed by atoms with Crippen LogP contribution in [0.1, 0.15) is 5.56 Å². The number of aromatic nitrogens is 1. The Morgan fingerprint density at radius 1 is 1.26 bits per heavy atom. The van der Waals surface area contributed by atoms with Crippen molar-refractivity contribution in [2.45, 2.75) is 6.18 Å². The summed E-state index contributed by atoms with van der Waals surface area (Å²) in [6.45, 7) is 0. The van der Waals surface area contributed by atoms with Gasteiger partial charge in [-0.15, -0.1) is 11.3 Å². The SMILES string of the molecule is O=C(O)Nc1nc(-c2ccc(C(F)(F)F)cc2)cs1. The maximum absolute atomic E-state index is 12.4. The molecular formula is C11H7F3N2O2S. The molecule has 2 aromatic rings. The molecule has 0 saturated carbocycles. The molecule has 0 unspecified atom stereocenters. The van der Waals surface area contributed by atoms with E-state index in [-0.39, 0.29) is 5.13 Å². The lowest BCUT2D eigenvalue weighted by molar-refractivity contribution is -0.137. The summed E-state index contributed by atoms with van der Waals surface area (Å²) < 4.78 is 37.1. The molecule has 0 saturated heterocycles. The van der Waals surface area contributed by atoms with E-state index in [2.05, 4.69) is 10.3 Å². The van der Waals surface area contributed by atoms with E-state index in [9.17, 15) is 18.0 Å². The van der Waals surface area contributed by atoms with Gasteiger partial charge in [-0.2, -0.15) is 13.2 Å². The Morgan fingerprint density at radius 2 is 1.89 bits per heavy atom. The van der Waals surface area contributed by atoms with Crippen LogP contribution in [0.25, 0.3) is 11.3 Å². The molecule has 0 radical (unpaired) electrons. The standard InChI is InChI=1S/C11H7F3N2O2S/c12-11(13,14)7-3-1-6(2-4-7)8-5-19-9(15-8)16-10(17)18/h1-5H,(H,15,16)(H,17,18). The Balaban J connectivity index is 2.23. The summed E-state index contributed by atoms with van der Waals surface area (Å²) in [5.74, 6) is 0. The van der Waals surface area contributed by atoms with Gasteiger partial charge < -0.3 is 5.11 Å². The highest BCUT2D eigenvalue weighted by molar-refractivity contribution is 7.14. The van der Waals surface area contributed by atoms with Gasteiger partial charge in [0, 0.05) is 10.9 Å². The van der Waals surface area contributed by atoms with Crippen LogP contribution in [0, 0.1) is 0 Å². The average Bonchev–Trinajstić information content (AvgIpc) is 2.75. The van der Waals surface area contributed by atoms with Crippen molar-refractivity contribution >= 4 is 22.6 Å². The van der Waals surface area contributed by atoms with Crippen molar-refractivity contribution in [3.8, 4) is 11.3 Å².